The van der Waals surface area contributed by atoms with Crippen molar-refractivity contribution in [2.24, 2.45) is 4.99 Å². The van der Waals surface area contributed by atoms with Crippen LogP contribution < -0.4 is 10.6 Å². The Morgan fingerprint density at radius 1 is 1.23 bits per heavy atom. The summed E-state index contributed by atoms with van der Waals surface area (Å²) in [5.74, 6) is 0.814. The van der Waals surface area contributed by atoms with Gasteiger partial charge in [0.25, 0.3) is 5.91 Å². The number of amides is 1. The average molecular weight is 546 g/mol. The lowest BCUT2D eigenvalue weighted by atomic mass is 10.00. The molecule has 0 spiro atoms. The second-order valence-electron chi connectivity index (χ2n) is 8.98. The Balaban J connectivity index is 0.00000480. The molecule has 2 unspecified atom stereocenters. The van der Waals surface area contributed by atoms with Crippen LogP contribution in [0.4, 0.5) is 0 Å². The summed E-state index contributed by atoms with van der Waals surface area (Å²) < 4.78 is 5.87. The van der Waals surface area contributed by atoms with Gasteiger partial charge in [-0.2, -0.15) is 0 Å². The molecule has 0 aromatic heterocycles. The summed E-state index contributed by atoms with van der Waals surface area (Å²) >= 11 is 0. The van der Waals surface area contributed by atoms with Crippen molar-refractivity contribution in [3.63, 3.8) is 0 Å². The number of guanidine groups is 1. The highest BCUT2D eigenvalue weighted by molar-refractivity contribution is 14.0. The van der Waals surface area contributed by atoms with Gasteiger partial charge < -0.3 is 20.3 Å². The van der Waals surface area contributed by atoms with E-state index in [1.807, 2.05) is 24.3 Å². The molecule has 2 N–H and O–H groups in total. The van der Waals surface area contributed by atoms with Gasteiger partial charge in [-0.3, -0.25) is 14.7 Å². The summed E-state index contributed by atoms with van der Waals surface area (Å²) in [6.45, 7) is 12.2. The number of benzene rings is 1. The first-order valence-corrected chi connectivity index (χ1v) is 10.8. The Morgan fingerprint density at radius 3 is 2.45 bits per heavy atom. The number of carbonyl (C=O) groups excluding carboxylic acids is 1. The average Bonchev–Trinajstić information content (AvgIpc) is 2.69. The lowest BCUT2D eigenvalue weighted by molar-refractivity contribution is -0.0946. The van der Waals surface area contributed by atoms with Gasteiger partial charge in [-0.05, 0) is 51.8 Å². The maximum atomic E-state index is 12.1. The lowest BCUT2D eigenvalue weighted by Crippen LogP contribution is -2.59. The number of nitrogens with one attached hydrogen (secondary N) is 2. The molecule has 0 saturated carbocycles. The molecule has 0 radical (unpaired) electrons. The van der Waals surface area contributed by atoms with Crippen molar-refractivity contribution in [3.8, 4) is 0 Å². The van der Waals surface area contributed by atoms with Crippen LogP contribution >= 0.6 is 24.0 Å². The second kappa shape index (κ2) is 12.6. The third-order valence-electron chi connectivity index (χ3n) is 5.47. The van der Waals surface area contributed by atoms with Gasteiger partial charge in [0.15, 0.2) is 5.96 Å². The van der Waals surface area contributed by atoms with Gasteiger partial charge in [0.1, 0.15) is 0 Å². The molecule has 0 bridgehead atoms. The summed E-state index contributed by atoms with van der Waals surface area (Å²) in [6.07, 6.45) is 1.32. The van der Waals surface area contributed by atoms with E-state index >= 15 is 0 Å². The fourth-order valence-corrected chi connectivity index (χ4v) is 3.75. The number of rotatable bonds is 7. The SMILES string of the molecule is CN=C(NCCc1cccc(C(=O)N(C)C)c1)NCC(C)(C)N1CC(C)OC(C)C1.I. The highest BCUT2D eigenvalue weighted by Gasteiger charge is 2.33. The smallest absolute Gasteiger partial charge is 0.253 e. The molecule has 1 amide bonds. The van der Waals surface area contributed by atoms with Gasteiger partial charge in [0.2, 0.25) is 0 Å². The molecule has 31 heavy (non-hydrogen) atoms. The van der Waals surface area contributed by atoms with Gasteiger partial charge in [0.05, 0.1) is 12.2 Å². The van der Waals surface area contributed by atoms with Gasteiger partial charge in [-0.1, -0.05) is 12.1 Å². The molecule has 1 saturated heterocycles. The van der Waals surface area contributed by atoms with E-state index in [1.54, 1.807) is 26.0 Å². The molecule has 1 aliphatic heterocycles. The van der Waals surface area contributed by atoms with Gasteiger partial charge in [0, 0.05) is 58.4 Å². The zero-order chi connectivity index (χ0) is 22.3. The third kappa shape index (κ3) is 8.57. The molecule has 7 nitrogen and oxygen atoms in total. The van der Waals surface area contributed by atoms with Crippen molar-refractivity contribution in [2.75, 3.05) is 47.3 Å². The van der Waals surface area contributed by atoms with Crippen LogP contribution in [0.15, 0.2) is 29.3 Å². The zero-order valence-electron chi connectivity index (χ0n) is 20.1. The van der Waals surface area contributed by atoms with E-state index in [0.29, 0.717) is 0 Å². The number of hydrogen-bond donors (Lipinski definition) is 2. The topological polar surface area (TPSA) is 69.2 Å². The molecule has 2 atom stereocenters. The van der Waals surface area contributed by atoms with Crippen LogP contribution in [0.2, 0.25) is 0 Å². The minimum Gasteiger partial charge on any atom is -0.373 e. The number of aliphatic imine (C=N–C) groups is 1. The normalized spacial score (nSPS) is 20.0. The fraction of sp³-hybridized carbons (Fsp3) is 0.652. The van der Waals surface area contributed by atoms with Crippen LogP contribution in [0.3, 0.4) is 0 Å². The summed E-state index contributed by atoms with van der Waals surface area (Å²) in [6, 6.07) is 7.80. The Kier molecular flexibility index (Phi) is 11.2. The molecule has 2 rings (SSSR count). The largest absolute Gasteiger partial charge is 0.373 e. The number of halogens is 1. The van der Waals surface area contributed by atoms with Crippen LogP contribution in [0, 0.1) is 0 Å². The van der Waals surface area contributed by atoms with Crippen LogP contribution in [0.25, 0.3) is 0 Å². The van der Waals surface area contributed by atoms with Crippen molar-refractivity contribution < 1.29 is 9.53 Å². The van der Waals surface area contributed by atoms with E-state index in [-0.39, 0.29) is 47.6 Å². The minimum absolute atomic E-state index is 0. The first kappa shape index (κ1) is 27.6. The van der Waals surface area contributed by atoms with Crippen LogP contribution in [-0.4, -0.2) is 86.7 Å². The maximum Gasteiger partial charge on any atom is 0.253 e. The molecule has 1 aromatic rings. The van der Waals surface area contributed by atoms with Crippen molar-refractivity contribution >= 4 is 35.8 Å². The molecule has 0 aliphatic carbocycles. The molecule has 1 heterocycles. The molecular formula is C23H40IN5O2. The summed E-state index contributed by atoms with van der Waals surface area (Å²) in [5.41, 5.74) is 1.84. The van der Waals surface area contributed by atoms with Crippen molar-refractivity contribution in [1.82, 2.24) is 20.4 Å². The Labute approximate surface area is 205 Å². The predicted octanol–water partition coefficient (Wildman–Crippen LogP) is 2.60. The van der Waals surface area contributed by atoms with Gasteiger partial charge in [-0.15, -0.1) is 24.0 Å². The van der Waals surface area contributed by atoms with Crippen molar-refractivity contribution in [1.29, 1.82) is 0 Å². The minimum atomic E-state index is -0.00913. The highest BCUT2D eigenvalue weighted by Crippen LogP contribution is 2.20. The van der Waals surface area contributed by atoms with Crippen LogP contribution in [0.5, 0.6) is 0 Å². The lowest BCUT2D eigenvalue weighted by Gasteiger charge is -2.45. The Hall–Kier alpha value is -1.39. The number of morpholine rings is 1. The van der Waals surface area contributed by atoms with Crippen molar-refractivity contribution in [2.45, 2.75) is 51.9 Å². The van der Waals surface area contributed by atoms with Crippen molar-refractivity contribution in [3.05, 3.63) is 35.4 Å². The number of nitrogens with zero attached hydrogens (tertiary/aromatic N) is 3. The second-order valence-corrected chi connectivity index (χ2v) is 8.98. The first-order valence-electron chi connectivity index (χ1n) is 10.8. The zero-order valence-corrected chi connectivity index (χ0v) is 22.4. The van der Waals surface area contributed by atoms with E-state index < -0.39 is 0 Å². The Bertz CT molecular complexity index is 728. The standard InChI is InChI=1S/C23H39N5O2.HI/c1-17-14-28(15-18(2)30-17)23(3,4)16-26-22(24-5)25-12-11-19-9-8-10-20(13-19)21(29)27(6)7;/h8-10,13,17-18H,11-12,14-16H2,1-7H3,(H2,24,25,26);1H. The number of hydrogen-bond acceptors (Lipinski definition) is 4. The molecule has 176 valence electrons. The molecular weight excluding hydrogens is 505 g/mol. The first-order chi connectivity index (χ1) is 14.1. The van der Waals surface area contributed by atoms with E-state index in [0.717, 1.165) is 49.7 Å². The fourth-order valence-electron chi connectivity index (χ4n) is 3.75. The van der Waals surface area contributed by atoms with Crippen LogP contribution in [0.1, 0.15) is 43.6 Å². The Morgan fingerprint density at radius 2 is 1.87 bits per heavy atom. The van der Waals surface area contributed by atoms with E-state index in [2.05, 4.69) is 48.2 Å². The third-order valence-corrected chi connectivity index (χ3v) is 5.47. The van der Waals surface area contributed by atoms with Crippen LogP contribution in [-0.2, 0) is 11.2 Å². The van der Waals surface area contributed by atoms with Gasteiger partial charge >= 0.3 is 0 Å². The summed E-state index contributed by atoms with van der Waals surface area (Å²) in [7, 11) is 5.33. The number of ether oxygens (including phenoxy) is 1. The molecule has 1 fully saturated rings. The summed E-state index contributed by atoms with van der Waals surface area (Å²) in [5, 5.41) is 6.85. The molecule has 1 aliphatic rings. The monoisotopic (exact) mass is 545 g/mol. The molecule has 1 aromatic carbocycles. The van der Waals surface area contributed by atoms with Gasteiger partial charge in [-0.25, -0.2) is 0 Å². The van der Waals surface area contributed by atoms with E-state index in [9.17, 15) is 4.79 Å². The number of carbonyl (C=O) groups is 1. The maximum absolute atomic E-state index is 12.1. The van der Waals surface area contributed by atoms with E-state index in [1.165, 1.54) is 0 Å². The predicted molar refractivity (Wildman–Crippen MR) is 139 cm³/mol. The molecule has 8 heteroatoms. The summed E-state index contributed by atoms with van der Waals surface area (Å²) in [4.78, 5) is 20.6. The van der Waals surface area contributed by atoms with E-state index in [4.69, 9.17) is 4.74 Å². The quantitative estimate of drug-likeness (QED) is 0.313. The highest BCUT2D eigenvalue weighted by atomic mass is 127.